The van der Waals surface area contributed by atoms with Gasteiger partial charge in [-0.05, 0) is 18.2 Å². The van der Waals surface area contributed by atoms with Crippen molar-refractivity contribution in [3.05, 3.63) is 57.2 Å². The highest BCUT2D eigenvalue weighted by Gasteiger charge is 2.17. The number of fused-ring (bicyclic) bond motifs is 1. The van der Waals surface area contributed by atoms with Crippen molar-refractivity contribution >= 4 is 34.2 Å². The number of halogens is 2. The lowest BCUT2D eigenvalue weighted by molar-refractivity contribution is 0.168. The van der Waals surface area contributed by atoms with Crippen LogP contribution < -0.4 is 10.4 Å². The molecule has 0 amide bonds. The minimum Gasteiger partial charge on any atom is -0.412 e. The molecule has 0 aliphatic heterocycles. The first-order chi connectivity index (χ1) is 10.1. The Bertz CT molecular complexity index is 873. The zero-order chi connectivity index (χ0) is 15.0. The Hall–Kier alpha value is -2.11. The zero-order valence-corrected chi connectivity index (χ0v) is 12.4. The van der Waals surface area contributed by atoms with Gasteiger partial charge in [-0.3, -0.25) is 4.79 Å². The van der Waals surface area contributed by atoms with Gasteiger partial charge < -0.3 is 4.84 Å². The standard InChI is InChI=1S/C14H9Cl2N3O2/c1-21-19-13-8(6-17-7-18-13)5-9(14(19)20)12-10(15)3-2-4-11(12)16/h2-7H,1H3. The second-order valence-corrected chi connectivity index (χ2v) is 5.05. The van der Waals surface area contributed by atoms with Crippen molar-refractivity contribution in [2.24, 2.45) is 0 Å². The van der Waals surface area contributed by atoms with Crippen molar-refractivity contribution in [3.8, 4) is 11.1 Å². The number of nitrogens with zero attached hydrogens (tertiary/aromatic N) is 3. The zero-order valence-electron chi connectivity index (χ0n) is 10.9. The third-order valence-corrected chi connectivity index (χ3v) is 3.67. The molecule has 0 aliphatic carbocycles. The van der Waals surface area contributed by atoms with Crippen molar-refractivity contribution in [1.82, 2.24) is 14.7 Å². The summed E-state index contributed by atoms with van der Waals surface area (Å²) in [6.45, 7) is 0. The largest absolute Gasteiger partial charge is 0.412 e. The molecule has 0 saturated carbocycles. The summed E-state index contributed by atoms with van der Waals surface area (Å²) in [5.74, 6) is 0. The Balaban J connectivity index is 2.44. The molecule has 2 aromatic heterocycles. The molecular formula is C14H9Cl2N3O2. The van der Waals surface area contributed by atoms with Crippen LogP contribution in [0.4, 0.5) is 0 Å². The molecule has 21 heavy (non-hydrogen) atoms. The quantitative estimate of drug-likeness (QED) is 0.728. The highest BCUT2D eigenvalue weighted by Crippen LogP contribution is 2.33. The number of aromatic nitrogens is 3. The van der Waals surface area contributed by atoms with E-state index in [9.17, 15) is 4.79 Å². The monoisotopic (exact) mass is 321 g/mol. The number of pyridine rings is 1. The van der Waals surface area contributed by atoms with Crippen LogP contribution in [0.5, 0.6) is 0 Å². The van der Waals surface area contributed by atoms with E-state index in [4.69, 9.17) is 28.0 Å². The first-order valence-electron chi connectivity index (χ1n) is 5.98. The molecule has 0 radical (unpaired) electrons. The summed E-state index contributed by atoms with van der Waals surface area (Å²) in [4.78, 5) is 25.7. The molecule has 5 nitrogen and oxygen atoms in total. The van der Waals surface area contributed by atoms with Gasteiger partial charge in [-0.15, -0.1) is 4.73 Å². The van der Waals surface area contributed by atoms with Gasteiger partial charge in [0, 0.05) is 17.1 Å². The number of rotatable bonds is 2. The molecule has 0 bridgehead atoms. The van der Waals surface area contributed by atoms with E-state index >= 15 is 0 Å². The smallest absolute Gasteiger partial charge is 0.293 e. The summed E-state index contributed by atoms with van der Waals surface area (Å²) in [7, 11) is 1.39. The molecule has 2 heterocycles. The molecule has 106 valence electrons. The third-order valence-electron chi connectivity index (χ3n) is 3.04. The average molecular weight is 322 g/mol. The van der Waals surface area contributed by atoms with E-state index in [0.717, 1.165) is 4.73 Å². The van der Waals surface area contributed by atoms with Gasteiger partial charge in [0.15, 0.2) is 5.65 Å². The summed E-state index contributed by atoms with van der Waals surface area (Å²) in [5, 5.41) is 1.42. The number of hydrogen-bond donors (Lipinski definition) is 0. The maximum Gasteiger partial charge on any atom is 0.293 e. The van der Waals surface area contributed by atoms with Crippen LogP contribution in [-0.4, -0.2) is 21.8 Å². The molecule has 0 spiro atoms. The van der Waals surface area contributed by atoms with Crippen LogP contribution in [-0.2, 0) is 0 Å². The second-order valence-electron chi connectivity index (χ2n) is 4.24. The van der Waals surface area contributed by atoms with E-state index in [1.54, 1.807) is 30.5 Å². The Morgan fingerprint density at radius 3 is 2.62 bits per heavy atom. The van der Waals surface area contributed by atoms with Crippen LogP contribution in [0.1, 0.15) is 0 Å². The summed E-state index contributed by atoms with van der Waals surface area (Å²) in [5.41, 5.74) is 0.778. The Labute approximate surface area is 129 Å². The van der Waals surface area contributed by atoms with Crippen LogP contribution in [0, 0.1) is 0 Å². The highest BCUT2D eigenvalue weighted by molar-refractivity contribution is 6.39. The summed E-state index contributed by atoms with van der Waals surface area (Å²) < 4.78 is 1.09. The van der Waals surface area contributed by atoms with Crippen LogP contribution in [0.25, 0.3) is 22.2 Å². The molecule has 3 aromatic rings. The molecule has 1 aromatic carbocycles. The Morgan fingerprint density at radius 2 is 1.95 bits per heavy atom. The van der Waals surface area contributed by atoms with Gasteiger partial charge >= 0.3 is 0 Å². The minimum absolute atomic E-state index is 0.328. The van der Waals surface area contributed by atoms with Crippen molar-refractivity contribution in [2.75, 3.05) is 7.11 Å². The van der Waals surface area contributed by atoms with Gasteiger partial charge in [0.2, 0.25) is 0 Å². The SMILES string of the molecule is COn1c(=O)c(-c2c(Cl)cccc2Cl)cc2cncnc21. The van der Waals surface area contributed by atoms with Gasteiger partial charge in [-0.25, -0.2) is 9.97 Å². The molecule has 0 N–H and O–H groups in total. The second kappa shape index (κ2) is 5.35. The van der Waals surface area contributed by atoms with Crippen LogP contribution in [0.2, 0.25) is 10.0 Å². The molecule has 3 rings (SSSR count). The van der Waals surface area contributed by atoms with Gasteiger partial charge in [0.1, 0.15) is 13.4 Å². The topological polar surface area (TPSA) is 57.0 Å². The van der Waals surface area contributed by atoms with Crippen molar-refractivity contribution in [1.29, 1.82) is 0 Å². The average Bonchev–Trinajstić information content (AvgIpc) is 2.47. The van der Waals surface area contributed by atoms with Gasteiger partial charge in [-0.2, -0.15) is 0 Å². The predicted molar refractivity (Wildman–Crippen MR) is 81.8 cm³/mol. The molecular weight excluding hydrogens is 313 g/mol. The molecule has 7 heteroatoms. The van der Waals surface area contributed by atoms with Crippen LogP contribution in [0.15, 0.2) is 41.6 Å². The summed E-state index contributed by atoms with van der Waals surface area (Å²) in [6, 6.07) is 6.71. The van der Waals surface area contributed by atoms with Crippen LogP contribution in [0.3, 0.4) is 0 Å². The van der Waals surface area contributed by atoms with E-state index in [0.29, 0.717) is 32.2 Å². The fourth-order valence-electron chi connectivity index (χ4n) is 2.13. The predicted octanol–water partition coefficient (Wildman–Crippen LogP) is 2.82. The molecule has 0 fully saturated rings. The lowest BCUT2D eigenvalue weighted by Crippen LogP contribution is -2.27. The Kier molecular flexibility index (Phi) is 3.53. The molecule has 0 aliphatic rings. The third kappa shape index (κ3) is 2.24. The maximum absolute atomic E-state index is 12.6. The van der Waals surface area contributed by atoms with Gasteiger partial charge in [0.05, 0.1) is 15.6 Å². The summed E-state index contributed by atoms with van der Waals surface area (Å²) >= 11 is 12.4. The van der Waals surface area contributed by atoms with E-state index < -0.39 is 5.56 Å². The van der Waals surface area contributed by atoms with E-state index in [1.807, 2.05) is 0 Å². The van der Waals surface area contributed by atoms with Crippen molar-refractivity contribution in [3.63, 3.8) is 0 Å². The number of benzene rings is 1. The fraction of sp³-hybridized carbons (Fsp3) is 0.0714. The highest BCUT2D eigenvalue weighted by atomic mass is 35.5. The molecule has 0 saturated heterocycles. The number of hydrogen-bond acceptors (Lipinski definition) is 4. The Morgan fingerprint density at radius 1 is 1.24 bits per heavy atom. The molecule has 0 atom stereocenters. The molecule has 0 unspecified atom stereocenters. The van der Waals surface area contributed by atoms with Crippen molar-refractivity contribution in [2.45, 2.75) is 0 Å². The first kappa shape index (κ1) is 13.9. The summed E-state index contributed by atoms with van der Waals surface area (Å²) in [6.07, 6.45) is 2.94. The van der Waals surface area contributed by atoms with Crippen molar-refractivity contribution < 1.29 is 4.84 Å². The van der Waals surface area contributed by atoms with Gasteiger partial charge in [0.25, 0.3) is 5.56 Å². The van der Waals surface area contributed by atoms with E-state index in [1.165, 1.54) is 13.4 Å². The minimum atomic E-state index is -0.390. The fourth-order valence-corrected chi connectivity index (χ4v) is 2.73. The lowest BCUT2D eigenvalue weighted by atomic mass is 10.1. The van der Waals surface area contributed by atoms with Crippen LogP contribution >= 0.6 is 23.2 Å². The van der Waals surface area contributed by atoms with E-state index in [2.05, 4.69) is 9.97 Å². The first-order valence-corrected chi connectivity index (χ1v) is 6.73. The normalized spacial score (nSPS) is 10.8. The lowest BCUT2D eigenvalue weighted by Gasteiger charge is -2.11. The van der Waals surface area contributed by atoms with Gasteiger partial charge in [-0.1, -0.05) is 29.3 Å². The maximum atomic E-state index is 12.6. The van der Waals surface area contributed by atoms with E-state index in [-0.39, 0.29) is 0 Å².